The summed E-state index contributed by atoms with van der Waals surface area (Å²) in [5.74, 6) is -5.22. The van der Waals surface area contributed by atoms with E-state index in [9.17, 15) is 26.3 Å². The van der Waals surface area contributed by atoms with Gasteiger partial charge in [-0.1, -0.05) is 57.4 Å². The van der Waals surface area contributed by atoms with Gasteiger partial charge in [0.15, 0.2) is 23.1 Å². The molecule has 4 aromatic rings. The van der Waals surface area contributed by atoms with Crippen LogP contribution in [-0.2, 0) is 0 Å². The summed E-state index contributed by atoms with van der Waals surface area (Å²) in [6.07, 6.45) is 14.5. The van der Waals surface area contributed by atoms with Crippen molar-refractivity contribution in [2.45, 2.75) is 90.9 Å². The van der Waals surface area contributed by atoms with Crippen LogP contribution in [0.5, 0.6) is 23.0 Å². The number of hydrogen-bond acceptors (Lipinski definition) is 4. The van der Waals surface area contributed by atoms with Gasteiger partial charge in [0, 0.05) is 34.4 Å². The molecule has 0 aromatic heterocycles. The quantitative estimate of drug-likeness (QED) is 0.0382. The fourth-order valence-corrected chi connectivity index (χ4v) is 6.46. The van der Waals surface area contributed by atoms with Gasteiger partial charge in [0.2, 0.25) is 11.6 Å². The van der Waals surface area contributed by atoms with Gasteiger partial charge in [-0.25, -0.2) is 17.6 Å². The molecule has 0 atom stereocenters. The van der Waals surface area contributed by atoms with Crippen LogP contribution in [0.1, 0.15) is 90.9 Å². The highest BCUT2D eigenvalue weighted by molar-refractivity contribution is 5.68. The lowest BCUT2D eigenvalue weighted by atomic mass is 9.94. The lowest BCUT2D eigenvalue weighted by molar-refractivity contribution is 0.302. The van der Waals surface area contributed by atoms with Gasteiger partial charge in [0.05, 0.1) is 26.4 Å². The Morgan fingerprint density at radius 2 is 0.855 bits per heavy atom. The number of rotatable bonds is 25. The molecular weight excluding hydrogens is 718 g/mol. The van der Waals surface area contributed by atoms with Gasteiger partial charge in [-0.3, -0.25) is 0 Å². The fourth-order valence-electron chi connectivity index (χ4n) is 6.46. The Bertz CT molecular complexity index is 1690. The van der Waals surface area contributed by atoms with Crippen molar-refractivity contribution in [3.05, 3.63) is 108 Å². The molecule has 0 aliphatic carbocycles. The minimum absolute atomic E-state index is 0.0469. The highest BCUT2D eigenvalue weighted by Crippen LogP contribution is 2.34. The molecule has 0 saturated carbocycles. The molecule has 0 aliphatic heterocycles. The van der Waals surface area contributed by atoms with Crippen LogP contribution >= 0.6 is 0 Å². The Labute approximate surface area is 321 Å². The monoisotopic (exact) mass is 770 g/mol. The molecule has 0 radical (unpaired) electrons. The summed E-state index contributed by atoms with van der Waals surface area (Å²) in [4.78, 5) is 0. The maximum atomic E-state index is 14.8. The van der Waals surface area contributed by atoms with Gasteiger partial charge in [0.25, 0.3) is 0 Å². The highest BCUT2D eigenvalue weighted by Gasteiger charge is 2.20. The van der Waals surface area contributed by atoms with Gasteiger partial charge in [-0.15, -0.1) is 6.58 Å². The Kier molecular flexibility index (Phi) is 17.8. The predicted molar refractivity (Wildman–Crippen MR) is 206 cm³/mol. The number of halogens is 6. The average molecular weight is 771 g/mol. The Hall–Kier alpha value is -4.60. The van der Waals surface area contributed by atoms with Crippen molar-refractivity contribution in [3.63, 3.8) is 0 Å². The van der Waals surface area contributed by atoms with Crippen LogP contribution in [0.2, 0.25) is 0 Å². The van der Waals surface area contributed by atoms with Gasteiger partial charge < -0.3 is 18.9 Å². The Balaban J connectivity index is 1.02. The first kappa shape index (κ1) is 43.1. The molecule has 4 nitrogen and oxygen atoms in total. The second-order valence-corrected chi connectivity index (χ2v) is 13.4. The van der Waals surface area contributed by atoms with Crippen LogP contribution in [0.25, 0.3) is 22.3 Å². The molecule has 0 fully saturated rings. The minimum atomic E-state index is -1.15. The van der Waals surface area contributed by atoms with E-state index in [4.69, 9.17) is 18.9 Å². The maximum Gasteiger partial charge on any atom is 0.201 e. The highest BCUT2D eigenvalue weighted by atomic mass is 19.2. The molecule has 4 rings (SSSR count). The molecule has 0 aliphatic rings. The first-order valence-corrected chi connectivity index (χ1v) is 19.4. The number of benzene rings is 4. The smallest absolute Gasteiger partial charge is 0.201 e. The summed E-state index contributed by atoms with van der Waals surface area (Å²) in [5, 5.41) is 0. The van der Waals surface area contributed by atoms with E-state index in [2.05, 4.69) is 12.7 Å². The summed E-state index contributed by atoms with van der Waals surface area (Å²) in [5.41, 5.74) is -0.443. The Morgan fingerprint density at radius 3 is 1.24 bits per heavy atom. The van der Waals surface area contributed by atoms with Crippen molar-refractivity contribution in [1.29, 1.82) is 0 Å². The molecule has 55 heavy (non-hydrogen) atoms. The summed E-state index contributed by atoms with van der Waals surface area (Å²) < 4.78 is 109. The molecule has 4 aromatic carbocycles. The van der Waals surface area contributed by atoms with Crippen LogP contribution in [-0.4, -0.2) is 26.4 Å². The van der Waals surface area contributed by atoms with E-state index in [-0.39, 0.29) is 47.0 Å². The van der Waals surface area contributed by atoms with Crippen molar-refractivity contribution in [3.8, 4) is 45.3 Å². The molecule has 0 bridgehead atoms. The number of ether oxygens (including phenoxy) is 4. The van der Waals surface area contributed by atoms with Crippen LogP contribution in [0, 0.1) is 40.8 Å². The van der Waals surface area contributed by atoms with Gasteiger partial charge in [0.1, 0.15) is 23.1 Å². The molecule has 298 valence electrons. The topological polar surface area (TPSA) is 36.9 Å². The zero-order valence-corrected chi connectivity index (χ0v) is 31.8. The molecule has 0 unspecified atom stereocenters. The van der Waals surface area contributed by atoms with Crippen molar-refractivity contribution in [2.75, 3.05) is 26.4 Å². The van der Waals surface area contributed by atoms with Crippen molar-refractivity contribution in [1.82, 2.24) is 0 Å². The maximum absolute atomic E-state index is 14.8. The lowest BCUT2D eigenvalue weighted by Gasteiger charge is -2.13. The normalized spacial score (nSPS) is 11.2. The van der Waals surface area contributed by atoms with Gasteiger partial charge in [-0.2, -0.15) is 8.78 Å². The van der Waals surface area contributed by atoms with E-state index >= 15 is 0 Å². The van der Waals surface area contributed by atoms with E-state index in [1.807, 2.05) is 0 Å². The summed E-state index contributed by atoms with van der Waals surface area (Å²) in [7, 11) is 0. The van der Waals surface area contributed by atoms with E-state index in [0.717, 1.165) is 77.0 Å². The molecule has 10 heteroatoms. The second-order valence-electron chi connectivity index (χ2n) is 13.4. The number of hydrogen-bond donors (Lipinski definition) is 0. The molecule has 0 heterocycles. The van der Waals surface area contributed by atoms with E-state index in [1.165, 1.54) is 48.5 Å². The van der Waals surface area contributed by atoms with E-state index in [0.29, 0.717) is 30.6 Å². The standard InChI is InChI=1S/C45H52F6O4/c1-4-31(17-13-9-7-11-15-27-54-32-19-21-34(38(46)29-32)36-23-25-40(52-5-2)44(50)42(36)48)18-14-10-8-12-16-28-55-33-20-22-35(39(47)30-33)37-24-26-41(53-6-3)45(51)43(37)49/h4,19-26,29-31H,1,5-18,27-28H2,2-3H3. The second kappa shape index (κ2) is 22.7. The lowest BCUT2D eigenvalue weighted by Crippen LogP contribution is -2.01. The van der Waals surface area contributed by atoms with E-state index in [1.54, 1.807) is 26.0 Å². The molecular formula is C45H52F6O4. The Morgan fingerprint density at radius 1 is 0.473 bits per heavy atom. The van der Waals surface area contributed by atoms with Crippen LogP contribution in [0.15, 0.2) is 73.3 Å². The van der Waals surface area contributed by atoms with Gasteiger partial charge in [-0.05, 0) is 94.0 Å². The summed E-state index contributed by atoms with van der Waals surface area (Å²) in [6, 6.07) is 13.5. The minimum Gasteiger partial charge on any atom is -0.493 e. The van der Waals surface area contributed by atoms with Crippen LogP contribution in [0.4, 0.5) is 26.3 Å². The molecule has 0 amide bonds. The number of unbranched alkanes of at least 4 members (excludes halogenated alkanes) is 8. The summed E-state index contributed by atoms with van der Waals surface area (Å²) in [6.45, 7) is 8.61. The van der Waals surface area contributed by atoms with Crippen LogP contribution in [0.3, 0.4) is 0 Å². The predicted octanol–water partition coefficient (Wildman–Crippen LogP) is 13.6. The summed E-state index contributed by atoms with van der Waals surface area (Å²) >= 11 is 0. The van der Waals surface area contributed by atoms with Crippen molar-refractivity contribution >= 4 is 0 Å². The molecule has 0 N–H and O–H groups in total. The average Bonchev–Trinajstić information content (AvgIpc) is 3.17. The van der Waals surface area contributed by atoms with Crippen molar-refractivity contribution < 1.29 is 45.3 Å². The third kappa shape index (κ3) is 12.7. The molecule has 0 saturated heterocycles. The van der Waals surface area contributed by atoms with Crippen molar-refractivity contribution in [2.24, 2.45) is 5.92 Å². The zero-order chi connectivity index (χ0) is 39.6. The number of allylic oxidation sites excluding steroid dienone is 1. The first-order chi connectivity index (χ1) is 26.7. The van der Waals surface area contributed by atoms with Crippen LogP contribution < -0.4 is 18.9 Å². The van der Waals surface area contributed by atoms with Gasteiger partial charge >= 0.3 is 0 Å². The molecule has 0 spiro atoms. The first-order valence-electron chi connectivity index (χ1n) is 19.4. The fraction of sp³-hybridized carbons (Fsp3) is 0.422. The zero-order valence-electron chi connectivity index (χ0n) is 31.8. The SMILES string of the molecule is C=CC(CCCCCCCOc1ccc(-c2ccc(OCC)c(F)c2F)c(F)c1)CCCCCCCOc1ccc(-c2ccc(OCC)c(F)c2F)c(F)c1. The largest absolute Gasteiger partial charge is 0.493 e. The van der Waals surface area contributed by atoms with E-state index < -0.39 is 34.9 Å². The third-order valence-electron chi connectivity index (χ3n) is 9.46. The third-order valence-corrected chi connectivity index (χ3v) is 9.46.